The van der Waals surface area contributed by atoms with E-state index in [9.17, 15) is 14.7 Å². The van der Waals surface area contributed by atoms with Crippen molar-refractivity contribution < 1.29 is 14.7 Å². The van der Waals surface area contributed by atoms with Crippen LogP contribution in [0.5, 0.6) is 0 Å². The molecule has 0 aromatic rings. The van der Waals surface area contributed by atoms with Crippen LogP contribution < -0.4 is 5.32 Å². The number of carbonyl (C=O) groups is 2. The van der Waals surface area contributed by atoms with Gasteiger partial charge in [-0.1, -0.05) is 13.8 Å². The molecule has 0 aromatic heterocycles. The molecule has 1 fully saturated rings. The van der Waals surface area contributed by atoms with Crippen LogP contribution in [0.2, 0.25) is 0 Å². The first-order valence-electron chi connectivity index (χ1n) is 7.59. The van der Waals surface area contributed by atoms with Gasteiger partial charge in [-0.25, -0.2) is 4.79 Å². The molecule has 1 rings (SSSR count). The van der Waals surface area contributed by atoms with Crippen LogP contribution in [-0.2, 0) is 4.79 Å². The quantitative estimate of drug-likeness (QED) is 0.806. The summed E-state index contributed by atoms with van der Waals surface area (Å²) in [6.07, 6.45) is 1.35. The van der Waals surface area contributed by atoms with E-state index in [0.717, 1.165) is 13.0 Å². The lowest BCUT2D eigenvalue weighted by Crippen LogP contribution is -2.55. The Morgan fingerprint density at radius 1 is 1.38 bits per heavy atom. The van der Waals surface area contributed by atoms with Crippen LogP contribution in [-0.4, -0.2) is 66.7 Å². The number of carbonyl (C=O) groups excluding carboxylic acids is 1. The van der Waals surface area contributed by atoms with Crippen LogP contribution in [0.15, 0.2) is 0 Å². The molecule has 1 aliphatic rings. The van der Waals surface area contributed by atoms with Gasteiger partial charge in [0.15, 0.2) is 0 Å². The SMILES string of the molecule is CC(C)C(CN(C)C)NC(=O)N1CCCC(C)(C(=O)O)C1. The maximum Gasteiger partial charge on any atom is 0.317 e. The highest BCUT2D eigenvalue weighted by Gasteiger charge is 2.39. The predicted octanol–water partition coefficient (Wildman–Crippen LogP) is 1.47. The summed E-state index contributed by atoms with van der Waals surface area (Å²) in [5.41, 5.74) is -0.829. The Labute approximate surface area is 127 Å². The molecule has 2 N–H and O–H groups in total. The highest BCUT2D eigenvalue weighted by molar-refractivity contribution is 5.78. The van der Waals surface area contributed by atoms with Gasteiger partial charge in [0.25, 0.3) is 0 Å². The Morgan fingerprint density at radius 2 is 2.00 bits per heavy atom. The van der Waals surface area contributed by atoms with Gasteiger partial charge < -0.3 is 20.2 Å². The van der Waals surface area contributed by atoms with Gasteiger partial charge in [0, 0.05) is 25.7 Å². The average Bonchev–Trinajstić information content (AvgIpc) is 2.37. The molecule has 0 aromatic carbocycles. The Kier molecular flexibility index (Phi) is 6.01. The lowest BCUT2D eigenvalue weighted by Gasteiger charge is -2.38. The molecule has 0 aliphatic carbocycles. The van der Waals surface area contributed by atoms with E-state index in [1.54, 1.807) is 11.8 Å². The lowest BCUT2D eigenvalue weighted by atomic mass is 9.82. The maximum atomic E-state index is 12.4. The monoisotopic (exact) mass is 299 g/mol. The van der Waals surface area contributed by atoms with Crippen molar-refractivity contribution in [1.29, 1.82) is 0 Å². The number of hydrogen-bond acceptors (Lipinski definition) is 3. The molecule has 2 amide bonds. The molecule has 2 atom stereocenters. The summed E-state index contributed by atoms with van der Waals surface area (Å²) in [5, 5.41) is 12.4. The molecule has 1 saturated heterocycles. The second-order valence-corrected chi connectivity index (χ2v) is 6.95. The van der Waals surface area contributed by atoms with Crippen LogP contribution >= 0.6 is 0 Å². The van der Waals surface area contributed by atoms with E-state index >= 15 is 0 Å². The molecule has 0 bridgehead atoms. The second kappa shape index (κ2) is 7.11. The Balaban J connectivity index is 2.67. The van der Waals surface area contributed by atoms with Gasteiger partial charge in [-0.15, -0.1) is 0 Å². The van der Waals surface area contributed by atoms with Crippen molar-refractivity contribution in [3.05, 3.63) is 0 Å². The number of nitrogens with zero attached hydrogens (tertiary/aromatic N) is 2. The lowest BCUT2D eigenvalue weighted by molar-refractivity contribution is -0.150. The van der Waals surface area contributed by atoms with Crippen molar-refractivity contribution in [1.82, 2.24) is 15.1 Å². The number of likely N-dealkylation sites (N-methyl/N-ethyl adjacent to an activating group) is 1. The number of hydrogen-bond donors (Lipinski definition) is 2. The molecule has 122 valence electrons. The zero-order valence-electron chi connectivity index (χ0n) is 13.8. The van der Waals surface area contributed by atoms with Crippen LogP contribution in [0.25, 0.3) is 0 Å². The van der Waals surface area contributed by atoms with Crippen molar-refractivity contribution in [3.63, 3.8) is 0 Å². The van der Waals surface area contributed by atoms with E-state index in [1.165, 1.54) is 0 Å². The standard InChI is InChI=1S/C15H29N3O3/c1-11(2)12(9-17(4)5)16-14(21)18-8-6-7-15(3,10-18)13(19)20/h11-12H,6-10H2,1-5H3,(H,16,21)(H,19,20). The van der Waals surface area contributed by atoms with E-state index in [1.807, 2.05) is 19.0 Å². The number of amides is 2. The van der Waals surface area contributed by atoms with Gasteiger partial charge in [0.1, 0.15) is 0 Å². The van der Waals surface area contributed by atoms with E-state index in [-0.39, 0.29) is 18.6 Å². The highest BCUT2D eigenvalue weighted by atomic mass is 16.4. The third-order valence-electron chi connectivity index (χ3n) is 4.18. The zero-order valence-corrected chi connectivity index (χ0v) is 13.8. The summed E-state index contributed by atoms with van der Waals surface area (Å²) in [6, 6.07) is -0.0896. The van der Waals surface area contributed by atoms with Crippen molar-refractivity contribution in [2.75, 3.05) is 33.7 Å². The van der Waals surface area contributed by atoms with Crippen LogP contribution in [0, 0.1) is 11.3 Å². The number of likely N-dealkylation sites (tertiary alicyclic amines) is 1. The highest BCUT2D eigenvalue weighted by Crippen LogP contribution is 2.29. The van der Waals surface area contributed by atoms with E-state index in [4.69, 9.17) is 0 Å². The molecule has 6 nitrogen and oxygen atoms in total. The largest absolute Gasteiger partial charge is 0.481 e. The molecule has 1 heterocycles. The summed E-state index contributed by atoms with van der Waals surface area (Å²) in [7, 11) is 3.95. The minimum atomic E-state index is -0.829. The Morgan fingerprint density at radius 3 is 2.48 bits per heavy atom. The molecule has 21 heavy (non-hydrogen) atoms. The number of piperidine rings is 1. The molecule has 6 heteroatoms. The fourth-order valence-electron chi connectivity index (χ4n) is 2.65. The number of urea groups is 1. The van der Waals surface area contributed by atoms with Crippen LogP contribution in [0.3, 0.4) is 0 Å². The molecule has 0 radical (unpaired) electrons. The van der Waals surface area contributed by atoms with Gasteiger partial charge >= 0.3 is 12.0 Å². The first kappa shape index (κ1) is 17.8. The van der Waals surface area contributed by atoms with Crippen LogP contribution in [0.1, 0.15) is 33.6 Å². The topological polar surface area (TPSA) is 72.9 Å². The first-order valence-corrected chi connectivity index (χ1v) is 7.59. The molecule has 2 unspecified atom stereocenters. The van der Waals surface area contributed by atoms with Gasteiger partial charge in [-0.05, 0) is 39.8 Å². The maximum absolute atomic E-state index is 12.4. The summed E-state index contributed by atoms with van der Waals surface area (Å²) >= 11 is 0. The minimum Gasteiger partial charge on any atom is -0.481 e. The molecule has 0 saturated carbocycles. The van der Waals surface area contributed by atoms with Gasteiger partial charge in [-0.3, -0.25) is 4.79 Å². The number of carboxylic acid groups (broad SMARTS) is 1. The molecular formula is C15H29N3O3. The van der Waals surface area contributed by atoms with E-state index < -0.39 is 11.4 Å². The van der Waals surface area contributed by atoms with Gasteiger partial charge in [0.2, 0.25) is 0 Å². The zero-order chi connectivity index (χ0) is 16.2. The van der Waals surface area contributed by atoms with Gasteiger partial charge in [0.05, 0.1) is 5.41 Å². The smallest absolute Gasteiger partial charge is 0.317 e. The summed E-state index contributed by atoms with van der Waals surface area (Å²) in [5.74, 6) is -0.499. The first-order chi connectivity index (χ1) is 9.65. The Bertz CT molecular complexity index is 384. The fourth-order valence-corrected chi connectivity index (χ4v) is 2.65. The van der Waals surface area contributed by atoms with E-state index in [0.29, 0.717) is 18.9 Å². The van der Waals surface area contributed by atoms with Crippen molar-refractivity contribution >= 4 is 12.0 Å². The predicted molar refractivity (Wildman–Crippen MR) is 82.3 cm³/mol. The summed E-state index contributed by atoms with van der Waals surface area (Å²) in [6.45, 7) is 7.54. The Hall–Kier alpha value is -1.30. The second-order valence-electron chi connectivity index (χ2n) is 6.95. The number of carboxylic acids is 1. The molecular weight excluding hydrogens is 270 g/mol. The van der Waals surface area contributed by atoms with Crippen molar-refractivity contribution in [2.45, 2.75) is 39.7 Å². The minimum absolute atomic E-state index is 0.0607. The van der Waals surface area contributed by atoms with Gasteiger partial charge in [-0.2, -0.15) is 0 Å². The summed E-state index contributed by atoms with van der Waals surface area (Å²) in [4.78, 5) is 27.4. The van der Waals surface area contributed by atoms with Crippen molar-refractivity contribution in [3.8, 4) is 0 Å². The third-order valence-corrected chi connectivity index (χ3v) is 4.18. The van der Waals surface area contributed by atoms with Crippen LogP contribution in [0.4, 0.5) is 4.79 Å². The average molecular weight is 299 g/mol. The normalized spacial score (nSPS) is 24.2. The molecule has 1 aliphatic heterocycles. The number of aliphatic carboxylic acids is 1. The fraction of sp³-hybridized carbons (Fsp3) is 0.867. The number of nitrogens with one attached hydrogen (secondary N) is 1. The summed E-state index contributed by atoms with van der Waals surface area (Å²) < 4.78 is 0. The van der Waals surface area contributed by atoms with Crippen molar-refractivity contribution in [2.24, 2.45) is 11.3 Å². The third kappa shape index (κ3) is 4.88. The van der Waals surface area contributed by atoms with E-state index in [2.05, 4.69) is 19.2 Å². The molecule has 0 spiro atoms. The number of rotatable bonds is 5.